The lowest BCUT2D eigenvalue weighted by molar-refractivity contribution is -0.144. The first-order valence-electron chi connectivity index (χ1n) is 24.7. The summed E-state index contributed by atoms with van der Waals surface area (Å²) in [6.45, 7) is 47.9. The van der Waals surface area contributed by atoms with Crippen molar-refractivity contribution in [3.05, 3.63) is 0 Å². The van der Waals surface area contributed by atoms with Crippen molar-refractivity contribution in [1.82, 2.24) is 10.6 Å². The first-order valence-corrected chi connectivity index (χ1v) is 55.2. The third-order valence-electron chi connectivity index (χ3n) is 10.1. The molecular weight excluding hydrogens is 1020 g/mol. The van der Waals surface area contributed by atoms with Crippen LogP contribution in [0.1, 0.15) is 51.4 Å². The number of carboxylic acids is 2. The third-order valence-corrected chi connectivity index (χ3v) is 44.7. The highest BCUT2D eigenvalue weighted by Gasteiger charge is 2.46. The summed E-state index contributed by atoms with van der Waals surface area (Å²) < 4.78 is 46.7. The van der Waals surface area contributed by atoms with E-state index in [1.165, 1.54) is 0 Å². The standard InChI is InChI=1S/C42H100N2O13Si10/c1-58(2,3)51-64(17,18)56-66(21,53-60(7,8)9)33-25-29-43-39(45)35-38(42(49)50)28-24-32-63(15,16)55-62(13,14)31-23-27-37(36-40(46)47)41(48)44-30-26-34-67(22,54-61(10,11)12)57-65(19,20)52-59(4,5)6/h37-38H,23-36H2,1-22H3,(H,43,45)(H,44,48)(H,46,47)(H,49,50). The minimum Gasteiger partial charge on any atom is -0.481 e. The number of rotatable bonds is 36. The van der Waals surface area contributed by atoms with E-state index in [2.05, 4.69) is 155 Å². The van der Waals surface area contributed by atoms with Crippen molar-refractivity contribution in [2.75, 3.05) is 13.1 Å². The van der Waals surface area contributed by atoms with Gasteiger partial charge in [0.05, 0.1) is 12.3 Å². The molecule has 0 saturated heterocycles. The summed E-state index contributed by atoms with van der Waals surface area (Å²) in [5, 5.41) is 25.7. The van der Waals surface area contributed by atoms with Gasteiger partial charge in [0.1, 0.15) is 0 Å². The molecule has 0 aliphatic carbocycles. The van der Waals surface area contributed by atoms with Crippen molar-refractivity contribution < 1.29 is 58.2 Å². The minimum atomic E-state index is -2.64. The van der Waals surface area contributed by atoms with Gasteiger partial charge in [-0.15, -0.1) is 0 Å². The lowest BCUT2D eigenvalue weighted by Crippen LogP contribution is -2.57. The van der Waals surface area contributed by atoms with E-state index in [0.717, 1.165) is 12.1 Å². The molecule has 0 rings (SSSR count). The minimum absolute atomic E-state index is 0.0827. The molecule has 0 heterocycles. The second kappa shape index (κ2) is 27.2. The topological polar surface area (TPSA) is 197 Å². The maximum absolute atomic E-state index is 13.4. The van der Waals surface area contributed by atoms with Gasteiger partial charge in [-0.2, -0.15) is 0 Å². The number of nitrogens with one attached hydrogen (secondary N) is 2. The molecule has 25 heteroatoms. The van der Waals surface area contributed by atoms with Crippen LogP contribution in [0.2, 0.25) is 168 Å². The summed E-state index contributed by atoms with van der Waals surface area (Å²) in [6, 6.07) is 2.91. The monoisotopic (exact) mass is 1120 g/mol. The molecule has 0 spiro atoms. The first kappa shape index (κ1) is 66.8. The predicted molar refractivity (Wildman–Crippen MR) is 299 cm³/mol. The second-order valence-corrected chi connectivity index (χ2v) is 66.7. The highest BCUT2D eigenvalue weighted by Crippen LogP contribution is 2.31. The molecule has 396 valence electrons. The van der Waals surface area contributed by atoms with E-state index >= 15 is 0 Å². The van der Waals surface area contributed by atoms with Crippen molar-refractivity contribution in [1.29, 1.82) is 0 Å². The summed E-state index contributed by atoms with van der Waals surface area (Å²) in [5.74, 6) is -3.94. The number of carbonyl (C=O) groups excluding carboxylic acids is 2. The fraction of sp³-hybridized carbons (Fsp3) is 0.905. The molecule has 0 saturated carbocycles. The van der Waals surface area contributed by atoms with Crippen LogP contribution in [-0.4, -0.2) is 131 Å². The van der Waals surface area contributed by atoms with E-state index in [4.69, 9.17) is 28.8 Å². The van der Waals surface area contributed by atoms with Gasteiger partial charge < -0.3 is 49.7 Å². The Balaban J connectivity index is 5.25. The van der Waals surface area contributed by atoms with Gasteiger partial charge in [0, 0.05) is 25.4 Å². The van der Waals surface area contributed by atoms with Gasteiger partial charge in [0.25, 0.3) is 0 Å². The summed E-state index contributed by atoms with van der Waals surface area (Å²) in [6.07, 6.45) is 3.12. The maximum atomic E-state index is 13.4. The van der Waals surface area contributed by atoms with Crippen LogP contribution >= 0.6 is 0 Å². The van der Waals surface area contributed by atoms with Crippen molar-refractivity contribution in [2.45, 2.75) is 220 Å². The molecule has 2 amide bonds. The fourth-order valence-electron chi connectivity index (χ4n) is 9.04. The predicted octanol–water partition coefficient (Wildman–Crippen LogP) is 11.2. The number of hydrogen-bond acceptors (Lipinski definition) is 11. The Bertz CT molecular complexity index is 1570. The van der Waals surface area contributed by atoms with Crippen LogP contribution in [0.3, 0.4) is 0 Å². The van der Waals surface area contributed by atoms with Gasteiger partial charge >= 0.3 is 46.2 Å². The smallest absolute Gasteiger partial charge is 0.315 e. The Kier molecular flexibility index (Phi) is 27.1. The molecule has 0 radical (unpaired) electrons. The number of carboxylic acid groups (broad SMARTS) is 2. The SMILES string of the molecule is C[Si](C)(C)O[Si](C)(C)O[Si](C)(CCCNC(=O)CC(CCC[Si](C)(C)O[Si](C)(C)CCCC(CC(=O)O)C(=O)NCCC[Si](C)(O[Si](C)(C)C)O[Si](C)(C)O[Si](C)(C)C)C(=O)O)O[Si](C)(C)C. The molecule has 15 nitrogen and oxygen atoms in total. The normalized spacial score (nSPS) is 16.4. The molecular formula is C42H100N2O13Si10. The second-order valence-electron chi connectivity index (χ2n) is 24.9. The quantitative estimate of drug-likeness (QED) is 0.0342. The van der Waals surface area contributed by atoms with Gasteiger partial charge in [-0.1, -0.05) is 12.8 Å². The molecule has 0 aliphatic heterocycles. The van der Waals surface area contributed by atoms with E-state index in [1.54, 1.807) is 0 Å². The summed E-state index contributed by atoms with van der Waals surface area (Å²) in [4.78, 5) is 50.5. The van der Waals surface area contributed by atoms with Crippen molar-refractivity contribution in [3.63, 3.8) is 0 Å². The number of amides is 2. The lowest BCUT2D eigenvalue weighted by Gasteiger charge is -2.41. The lowest BCUT2D eigenvalue weighted by atomic mass is 9.99. The van der Waals surface area contributed by atoms with E-state index in [1.807, 2.05) is 0 Å². The molecule has 0 aromatic rings. The maximum Gasteiger partial charge on any atom is 0.315 e. The van der Waals surface area contributed by atoms with Crippen LogP contribution in [0.5, 0.6) is 0 Å². The van der Waals surface area contributed by atoms with E-state index in [0.29, 0.717) is 63.7 Å². The highest BCUT2D eigenvalue weighted by molar-refractivity contribution is 6.90. The fourth-order valence-corrected chi connectivity index (χ4v) is 53.9. The summed E-state index contributed by atoms with van der Waals surface area (Å²) in [5.41, 5.74) is 0. The zero-order valence-corrected chi connectivity index (χ0v) is 56.4. The Morgan fingerprint density at radius 2 is 0.776 bits per heavy atom. The van der Waals surface area contributed by atoms with Gasteiger partial charge in [0.2, 0.25) is 11.8 Å². The Morgan fingerprint density at radius 1 is 0.418 bits per heavy atom. The molecule has 0 aromatic heterocycles. The highest BCUT2D eigenvalue weighted by atomic mass is 28.5. The molecule has 0 aromatic carbocycles. The van der Waals surface area contributed by atoms with Crippen LogP contribution in [0.4, 0.5) is 0 Å². The Morgan fingerprint density at radius 3 is 1.12 bits per heavy atom. The molecule has 0 bridgehead atoms. The molecule has 4 atom stereocenters. The number of carbonyl (C=O) groups is 4. The third kappa shape index (κ3) is 34.7. The Hall–Kier alpha value is -0.231. The zero-order chi connectivity index (χ0) is 52.7. The van der Waals surface area contributed by atoms with E-state index in [-0.39, 0.29) is 24.7 Å². The number of aliphatic carboxylic acids is 2. The summed E-state index contributed by atoms with van der Waals surface area (Å²) >= 11 is 0. The van der Waals surface area contributed by atoms with Crippen molar-refractivity contribution in [3.8, 4) is 0 Å². The molecule has 4 N–H and O–H groups in total. The first-order chi connectivity index (χ1) is 29.8. The van der Waals surface area contributed by atoms with Crippen LogP contribution in [-0.2, 0) is 48.0 Å². The number of hydrogen-bond donors (Lipinski definition) is 4. The van der Waals surface area contributed by atoms with Crippen LogP contribution in [0, 0.1) is 11.8 Å². The average Bonchev–Trinajstić information content (AvgIpc) is 3.02. The zero-order valence-electron chi connectivity index (χ0n) is 46.4. The van der Waals surface area contributed by atoms with Crippen LogP contribution in [0.25, 0.3) is 0 Å². The molecule has 67 heavy (non-hydrogen) atoms. The van der Waals surface area contributed by atoms with Crippen molar-refractivity contribution >= 4 is 108 Å². The summed E-state index contributed by atoms with van der Waals surface area (Å²) in [7, 11) is -22.1. The van der Waals surface area contributed by atoms with E-state index < -0.39 is 108 Å². The Labute approximate surface area is 418 Å². The van der Waals surface area contributed by atoms with Crippen LogP contribution < -0.4 is 10.6 Å². The van der Waals surface area contributed by atoms with Crippen molar-refractivity contribution in [2.24, 2.45) is 11.8 Å². The van der Waals surface area contributed by atoms with E-state index in [9.17, 15) is 29.4 Å². The molecule has 4 unspecified atom stereocenters. The van der Waals surface area contributed by atoms with Gasteiger partial charge in [0.15, 0.2) is 49.9 Å². The van der Waals surface area contributed by atoms with Crippen LogP contribution in [0.15, 0.2) is 0 Å². The average molecular weight is 1120 g/mol. The molecule has 0 fully saturated rings. The van der Waals surface area contributed by atoms with Gasteiger partial charge in [-0.3, -0.25) is 19.2 Å². The largest absolute Gasteiger partial charge is 0.481 e. The molecule has 0 aliphatic rings. The van der Waals surface area contributed by atoms with Gasteiger partial charge in [-0.25, -0.2) is 0 Å². The van der Waals surface area contributed by atoms with Gasteiger partial charge in [-0.05, 0) is 194 Å².